The Balaban J connectivity index is 2.60. The van der Waals surface area contributed by atoms with Crippen LogP contribution in [0.1, 0.15) is 30.9 Å². The van der Waals surface area contributed by atoms with E-state index in [1.807, 2.05) is 18.2 Å². The number of nitrogens with one attached hydrogen (secondary N) is 1. The fraction of sp³-hybridized carbons (Fsp3) is 0.571. The van der Waals surface area contributed by atoms with Gasteiger partial charge in [0.2, 0.25) is 0 Å². The fourth-order valence-electron chi connectivity index (χ4n) is 1.99. The molecule has 5 heteroatoms. The van der Waals surface area contributed by atoms with E-state index in [1.54, 1.807) is 7.11 Å². The number of nitrogens with two attached hydrogens (primary N) is 1. The molecule has 1 rings (SSSR count). The number of aliphatic hydroxyl groups excluding tert-OH is 1. The van der Waals surface area contributed by atoms with E-state index in [9.17, 15) is 0 Å². The van der Waals surface area contributed by atoms with Crippen molar-refractivity contribution in [2.75, 3.05) is 26.8 Å². The van der Waals surface area contributed by atoms with Gasteiger partial charge in [-0.3, -0.25) is 0 Å². The van der Waals surface area contributed by atoms with Gasteiger partial charge in [-0.2, -0.15) is 0 Å². The van der Waals surface area contributed by atoms with Crippen LogP contribution in [0.3, 0.4) is 0 Å². The molecule has 1 atom stereocenters. The first-order valence-electron chi connectivity index (χ1n) is 6.60. The van der Waals surface area contributed by atoms with Gasteiger partial charge in [0.1, 0.15) is 5.75 Å². The molecule has 0 amide bonds. The van der Waals surface area contributed by atoms with E-state index in [2.05, 4.69) is 21.2 Å². The maximum absolute atomic E-state index is 8.74. The second kappa shape index (κ2) is 9.31. The summed E-state index contributed by atoms with van der Waals surface area (Å²) in [6, 6.07) is 6.02. The highest BCUT2D eigenvalue weighted by atomic mass is 79.9. The Labute approximate surface area is 123 Å². The highest BCUT2D eigenvalue weighted by Crippen LogP contribution is 2.28. The normalized spacial score (nSPS) is 12.4. The minimum Gasteiger partial charge on any atom is -0.496 e. The van der Waals surface area contributed by atoms with Crippen molar-refractivity contribution in [3.05, 3.63) is 28.2 Å². The fourth-order valence-corrected chi connectivity index (χ4v) is 2.37. The number of benzene rings is 1. The molecule has 0 fully saturated rings. The van der Waals surface area contributed by atoms with Crippen molar-refractivity contribution in [1.82, 2.24) is 5.32 Å². The molecule has 1 aromatic rings. The minimum absolute atomic E-state index is 0.0848. The molecule has 4 nitrogen and oxygen atoms in total. The van der Waals surface area contributed by atoms with E-state index in [0.717, 1.165) is 41.6 Å². The van der Waals surface area contributed by atoms with Crippen LogP contribution in [-0.4, -0.2) is 31.9 Å². The Bertz CT molecular complexity index is 374. The van der Waals surface area contributed by atoms with Crippen LogP contribution < -0.4 is 15.8 Å². The second-order valence-electron chi connectivity index (χ2n) is 4.41. The van der Waals surface area contributed by atoms with E-state index >= 15 is 0 Å². The molecule has 0 aliphatic heterocycles. The number of unbranched alkanes of at least 4 members (excludes halogenated alkanes) is 2. The average molecular weight is 331 g/mol. The summed E-state index contributed by atoms with van der Waals surface area (Å²) in [5, 5.41) is 12.2. The molecule has 0 saturated heterocycles. The first kappa shape index (κ1) is 16.4. The largest absolute Gasteiger partial charge is 0.496 e. The third kappa shape index (κ3) is 5.48. The Kier molecular flexibility index (Phi) is 8.05. The van der Waals surface area contributed by atoms with Gasteiger partial charge in [0.15, 0.2) is 0 Å². The summed E-state index contributed by atoms with van der Waals surface area (Å²) in [5.74, 6) is 0.849. The lowest BCUT2D eigenvalue weighted by atomic mass is 10.1. The van der Waals surface area contributed by atoms with Crippen LogP contribution in [-0.2, 0) is 0 Å². The van der Waals surface area contributed by atoms with Crippen LogP contribution in [0.15, 0.2) is 22.7 Å². The van der Waals surface area contributed by atoms with Crippen LogP contribution >= 0.6 is 15.9 Å². The smallest absolute Gasteiger partial charge is 0.123 e. The SMILES string of the molecule is COc1ccc(Br)cc1C(CN)NCCCCCO. The van der Waals surface area contributed by atoms with Gasteiger partial charge in [0, 0.05) is 29.2 Å². The summed E-state index contributed by atoms with van der Waals surface area (Å²) in [6.45, 7) is 1.67. The van der Waals surface area contributed by atoms with Crippen molar-refractivity contribution in [2.24, 2.45) is 5.73 Å². The molecule has 0 heterocycles. The molecule has 0 saturated carbocycles. The highest BCUT2D eigenvalue weighted by Gasteiger charge is 2.14. The molecule has 108 valence electrons. The Morgan fingerprint density at radius 3 is 2.79 bits per heavy atom. The predicted octanol–water partition coefficient (Wildman–Crippen LogP) is 2.21. The zero-order chi connectivity index (χ0) is 14.1. The summed E-state index contributed by atoms with van der Waals surface area (Å²) < 4.78 is 6.40. The Morgan fingerprint density at radius 1 is 1.37 bits per heavy atom. The van der Waals surface area contributed by atoms with Crippen molar-refractivity contribution in [2.45, 2.75) is 25.3 Å². The highest BCUT2D eigenvalue weighted by molar-refractivity contribution is 9.10. The quantitative estimate of drug-likeness (QED) is 0.607. The van der Waals surface area contributed by atoms with Crippen LogP contribution in [0.4, 0.5) is 0 Å². The van der Waals surface area contributed by atoms with Gasteiger partial charge >= 0.3 is 0 Å². The van der Waals surface area contributed by atoms with Crippen molar-refractivity contribution < 1.29 is 9.84 Å². The van der Waals surface area contributed by atoms with Gasteiger partial charge in [-0.05, 0) is 44.0 Å². The van der Waals surface area contributed by atoms with Gasteiger partial charge in [0.25, 0.3) is 0 Å². The monoisotopic (exact) mass is 330 g/mol. The Morgan fingerprint density at radius 2 is 2.16 bits per heavy atom. The van der Waals surface area contributed by atoms with Crippen LogP contribution in [0.25, 0.3) is 0 Å². The standard InChI is InChI=1S/C14H23BrN2O2/c1-19-14-6-5-11(15)9-12(14)13(10-16)17-7-3-2-4-8-18/h5-6,9,13,17-18H,2-4,7-8,10,16H2,1H3. The van der Waals surface area contributed by atoms with Crippen LogP contribution in [0, 0.1) is 0 Å². The van der Waals surface area contributed by atoms with Crippen molar-refractivity contribution in [1.29, 1.82) is 0 Å². The first-order chi connectivity index (χ1) is 9.22. The maximum atomic E-state index is 8.74. The lowest BCUT2D eigenvalue weighted by Gasteiger charge is -2.20. The Hall–Kier alpha value is -0.620. The predicted molar refractivity (Wildman–Crippen MR) is 81.4 cm³/mol. The number of hydrogen-bond donors (Lipinski definition) is 3. The van der Waals surface area contributed by atoms with Crippen molar-refractivity contribution >= 4 is 15.9 Å². The molecule has 0 aliphatic rings. The van der Waals surface area contributed by atoms with Crippen LogP contribution in [0.5, 0.6) is 5.75 Å². The summed E-state index contributed by atoms with van der Waals surface area (Å²) >= 11 is 3.47. The number of rotatable bonds is 9. The van der Waals surface area contributed by atoms with E-state index in [1.165, 1.54) is 0 Å². The number of hydrogen-bond acceptors (Lipinski definition) is 4. The van der Waals surface area contributed by atoms with Gasteiger partial charge < -0.3 is 20.9 Å². The summed E-state index contributed by atoms with van der Waals surface area (Å²) in [7, 11) is 1.67. The molecule has 4 N–H and O–H groups in total. The third-order valence-corrected chi connectivity index (χ3v) is 3.52. The number of aliphatic hydroxyl groups is 1. The summed E-state index contributed by atoms with van der Waals surface area (Å²) in [6.07, 6.45) is 2.92. The number of ether oxygens (including phenoxy) is 1. The topological polar surface area (TPSA) is 67.5 Å². The maximum Gasteiger partial charge on any atom is 0.123 e. The minimum atomic E-state index is 0.0848. The van der Waals surface area contributed by atoms with Gasteiger partial charge in [-0.15, -0.1) is 0 Å². The molecule has 1 unspecified atom stereocenters. The van der Waals surface area contributed by atoms with Gasteiger partial charge in [-0.1, -0.05) is 15.9 Å². The molecular formula is C14H23BrN2O2. The molecule has 0 spiro atoms. The van der Waals surface area contributed by atoms with Crippen LogP contribution in [0.2, 0.25) is 0 Å². The van der Waals surface area contributed by atoms with Gasteiger partial charge in [-0.25, -0.2) is 0 Å². The number of halogens is 1. The van der Waals surface area contributed by atoms with Crippen molar-refractivity contribution in [3.8, 4) is 5.75 Å². The summed E-state index contributed by atoms with van der Waals surface area (Å²) in [5.41, 5.74) is 6.92. The molecule has 0 radical (unpaired) electrons. The average Bonchev–Trinajstić information content (AvgIpc) is 2.43. The second-order valence-corrected chi connectivity index (χ2v) is 5.33. The van der Waals surface area contributed by atoms with E-state index in [4.69, 9.17) is 15.6 Å². The lowest BCUT2D eigenvalue weighted by molar-refractivity contribution is 0.282. The summed E-state index contributed by atoms with van der Waals surface area (Å²) in [4.78, 5) is 0. The molecule has 0 aromatic heterocycles. The third-order valence-electron chi connectivity index (χ3n) is 3.03. The molecular weight excluding hydrogens is 308 g/mol. The lowest BCUT2D eigenvalue weighted by Crippen LogP contribution is -2.29. The van der Waals surface area contributed by atoms with E-state index in [-0.39, 0.29) is 12.6 Å². The zero-order valence-electron chi connectivity index (χ0n) is 11.4. The van der Waals surface area contributed by atoms with E-state index < -0.39 is 0 Å². The van der Waals surface area contributed by atoms with Gasteiger partial charge in [0.05, 0.1) is 7.11 Å². The first-order valence-corrected chi connectivity index (χ1v) is 7.40. The zero-order valence-corrected chi connectivity index (χ0v) is 12.9. The van der Waals surface area contributed by atoms with Crippen molar-refractivity contribution in [3.63, 3.8) is 0 Å². The molecule has 0 bridgehead atoms. The van der Waals surface area contributed by atoms with E-state index in [0.29, 0.717) is 6.54 Å². The molecule has 1 aromatic carbocycles. The number of methoxy groups -OCH3 is 1. The molecule has 0 aliphatic carbocycles. The molecule has 19 heavy (non-hydrogen) atoms.